The van der Waals surface area contributed by atoms with Gasteiger partial charge in [0.1, 0.15) is 35.3 Å². The lowest BCUT2D eigenvalue weighted by atomic mass is 10.2. The Morgan fingerprint density at radius 1 is 0.880 bits per heavy atom. The van der Waals surface area contributed by atoms with Crippen LogP contribution < -0.4 is 29.6 Å². The van der Waals surface area contributed by atoms with Crippen LogP contribution in [0.15, 0.2) is 42.5 Å². The van der Waals surface area contributed by atoms with E-state index >= 15 is 0 Å². The van der Waals surface area contributed by atoms with E-state index in [2.05, 4.69) is 10.6 Å². The van der Waals surface area contributed by atoms with Crippen molar-refractivity contribution in [3.8, 4) is 23.0 Å². The fourth-order valence-corrected chi connectivity index (χ4v) is 2.14. The normalized spacial score (nSPS) is 9.88. The molecule has 2 N–H and O–H groups in total. The molecule has 0 aliphatic rings. The van der Waals surface area contributed by atoms with Gasteiger partial charge in [0, 0.05) is 0 Å². The number of carbonyl (C=O) groups excluding carboxylic acids is 1. The minimum absolute atomic E-state index is 0.336. The van der Waals surface area contributed by atoms with Gasteiger partial charge >= 0.3 is 6.03 Å². The molecule has 0 radical (unpaired) electrons. The number of methoxy groups -OCH3 is 3. The number of anilines is 1. The Morgan fingerprint density at radius 3 is 2.04 bits per heavy atom. The van der Waals surface area contributed by atoms with E-state index in [9.17, 15) is 4.79 Å². The van der Waals surface area contributed by atoms with Crippen LogP contribution in [0.3, 0.4) is 0 Å². The zero-order valence-corrected chi connectivity index (χ0v) is 14.5. The van der Waals surface area contributed by atoms with Crippen molar-refractivity contribution in [1.29, 1.82) is 0 Å². The van der Waals surface area contributed by atoms with Gasteiger partial charge in [-0.05, 0) is 36.4 Å². The monoisotopic (exact) mass is 346 g/mol. The molecule has 0 spiro atoms. The van der Waals surface area contributed by atoms with Crippen molar-refractivity contribution in [2.45, 2.75) is 0 Å². The molecule has 2 aromatic rings. The van der Waals surface area contributed by atoms with Crippen molar-refractivity contribution >= 4 is 11.7 Å². The lowest BCUT2D eigenvalue weighted by Gasteiger charge is -2.14. The Balaban J connectivity index is 1.81. The van der Waals surface area contributed by atoms with Crippen LogP contribution in [0.2, 0.25) is 0 Å². The van der Waals surface area contributed by atoms with E-state index in [1.807, 2.05) is 12.1 Å². The number of hydrogen-bond acceptors (Lipinski definition) is 5. The third-order valence-electron chi connectivity index (χ3n) is 3.38. The Labute approximate surface area is 146 Å². The molecule has 0 atom stereocenters. The molecule has 7 nitrogen and oxygen atoms in total. The third-order valence-corrected chi connectivity index (χ3v) is 3.38. The Hall–Kier alpha value is -3.09. The molecule has 134 valence electrons. The number of ether oxygens (including phenoxy) is 4. The van der Waals surface area contributed by atoms with E-state index in [4.69, 9.17) is 18.9 Å². The van der Waals surface area contributed by atoms with E-state index in [0.29, 0.717) is 36.1 Å². The molecule has 0 heterocycles. The largest absolute Gasteiger partial charge is 0.497 e. The first-order valence-electron chi connectivity index (χ1n) is 7.70. The fraction of sp³-hybridized carbons (Fsp3) is 0.278. The summed E-state index contributed by atoms with van der Waals surface area (Å²) in [5.41, 5.74) is 0.473. The second-order valence-electron chi connectivity index (χ2n) is 4.94. The second-order valence-corrected chi connectivity index (χ2v) is 4.94. The van der Waals surface area contributed by atoms with Crippen molar-refractivity contribution in [2.24, 2.45) is 0 Å². The summed E-state index contributed by atoms with van der Waals surface area (Å²) in [5, 5.41) is 5.44. The molecule has 0 fully saturated rings. The van der Waals surface area contributed by atoms with Gasteiger partial charge in [0.2, 0.25) is 0 Å². The predicted octanol–water partition coefficient (Wildman–Crippen LogP) is 2.91. The van der Waals surface area contributed by atoms with Crippen molar-refractivity contribution in [2.75, 3.05) is 39.8 Å². The quantitative estimate of drug-likeness (QED) is 0.719. The van der Waals surface area contributed by atoms with Gasteiger partial charge in [0.05, 0.1) is 27.9 Å². The smallest absolute Gasteiger partial charge is 0.319 e. The summed E-state index contributed by atoms with van der Waals surface area (Å²) in [6.07, 6.45) is 0. The van der Waals surface area contributed by atoms with Gasteiger partial charge in [-0.3, -0.25) is 0 Å². The number of amides is 2. The maximum absolute atomic E-state index is 12.0. The van der Waals surface area contributed by atoms with Crippen molar-refractivity contribution < 1.29 is 23.7 Å². The second kappa shape index (κ2) is 9.27. The predicted molar refractivity (Wildman–Crippen MR) is 95.1 cm³/mol. The minimum Gasteiger partial charge on any atom is -0.497 e. The van der Waals surface area contributed by atoms with Crippen LogP contribution >= 0.6 is 0 Å². The molecule has 0 unspecified atom stereocenters. The maximum atomic E-state index is 12.0. The first-order valence-corrected chi connectivity index (χ1v) is 7.70. The van der Waals surface area contributed by atoms with E-state index in [0.717, 1.165) is 5.75 Å². The van der Waals surface area contributed by atoms with E-state index in [-0.39, 0.29) is 6.03 Å². The lowest BCUT2D eigenvalue weighted by molar-refractivity contribution is 0.247. The van der Waals surface area contributed by atoms with Crippen molar-refractivity contribution in [1.82, 2.24) is 5.32 Å². The number of hydrogen-bond donors (Lipinski definition) is 2. The molecule has 0 bridgehead atoms. The molecule has 2 rings (SSSR count). The summed E-state index contributed by atoms with van der Waals surface area (Å²) in [4.78, 5) is 12.0. The SMILES string of the molecule is COc1ccc(OCCNC(=O)Nc2c(OC)cccc2OC)cc1. The molecule has 0 saturated heterocycles. The van der Waals surface area contributed by atoms with Crippen molar-refractivity contribution in [3.05, 3.63) is 42.5 Å². The summed E-state index contributed by atoms with van der Waals surface area (Å²) in [7, 11) is 4.66. The van der Waals surface area contributed by atoms with Gasteiger partial charge in [-0.25, -0.2) is 4.79 Å². The number of rotatable bonds is 8. The molecule has 0 saturated carbocycles. The van der Waals surface area contributed by atoms with Crippen LogP contribution in [0.25, 0.3) is 0 Å². The van der Waals surface area contributed by atoms with Crippen LogP contribution in [-0.2, 0) is 0 Å². The molecule has 7 heteroatoms. The minimum atomic E-state index is -0.374. The number of carbonyl (C=O) groups is 1. The first kappa shape index (κ1) is 18.3. The van der Waals surface area contributed by atoms with Gasteiger partial charge in [-0.15, -0.1) is 0 Å². The molecule has 2 amide bonds. The maximum Gasteiger partial charge on any atom is 0.319 e. The zero-order chi connectivity index (χ0) is 18.1. The summed E-state index contributed by atoms with van der Waals surface area (Å²) in [6.45, 7) is 0.679. The zero-order valence-electron chi connectivity index (χ0n) is 14.5. The first-order chi connectivity index (χ1) is 12.2. The average molecular weight is 346 g/mol. The molecule has 25 heavy (non-hydrogen) atoms. The highest BCUT2D eigenvalue weighted by Gasteiger charge is 2.12. The van der Waals surface area contributed by atoms with Crippen LogP contribution in [0.5, 0.6) is 23.0 Å². The summed E-state index contributed by atoms with van der Waals surface area (Å²) in [6, 6.07) is 12.1. The summed E-state index contributed by atoms with van der Waals surface area (Å²) < 4.78 is 21.1. The molecular formula is C18H22N2O5. The topological polar surface area (TPSA) is 78.1 Å². The molecule has 0 aliphatic carbocycles. The highest BCUT2D eigenvalue weighted by molar-refractivity contribution is 5.92. The van der Waals surface area contributed by atoms with Gasteiger partial charge < -0.3 is 29.6 Å². The Bertz CT molecular complexity index is 666. The van der Waals surface area contributed by atoms with Crippen LogP contribution in [-0.4, -0.2) is 40.5 Å². The summed E-state index contributed by atoms with van der Waals surface area (Å²) in [5.74, 6) is 2.50. The Kier molecular flexibility index (Phi) is 6.76. The number of para-hydroxylation sites is 1. The molecular weight excluding hydrogens is 324 g/mol. The van der Waals surface area contributed by atoms with E-state index < -0.39 is 0 Å². The van der Waals surface area contributed by atoms with Gasteiger partial charge in [0.15, 0.2) is 0 Å². The summed E-state index contributed by atoms with van der Waals surface area (Å²) >= 11 is 0. The Morgan fingerprint density at radius 2 is 1.48 bits per heavy atom. The van der Waals surface area contributed by atoms with Gasteiger partial charge in [-0.1, -0.05) is 6.07 Å². The number of benzene rings is 2. The van der Waals surface area contributed by atoms with E-state index in [1.165, 1.54) is 14.2 Å². The highest BCUT2D eigenvalue weighted by Crippen LogP contribution is 2.33. The highest BCUT2D eigenvalue weighted by atomic mass is 16.5. The van der Waals surface area contributed by atoms with E-state index in [1.54, 1.807) is 37.4 Å². The standard InChI is InChI=1S/C18H22N2O5/c1-22-13-7-9-14(10-8-13)25-12-11-19-18(21)20-17-15(23-2)5-4-6-16(17)24-3/h4-10H,11-12H2,1-3H3,(H2,19,20,21). The molecule has 0 aromatic heterocycles. The number of nitrogens with one attached hydrogen (secondary N) is 2. The van der Waals surface area contributed by atoms with Crippen LogP contribution in [0.1, 0.15) is 0 Å². The fourth-order valence-electron chi connectivity index (χ4n) is 2.14. The molecule has 2 aromatic carbocycles. The van der Waals surface area contributed by atoms with Gasteiger partial charge in [0.25, 0.3) is 0 Å². The lowest BCUT2D eigenvalue weighted by Crippen LogP contribution is -2.32. The van der Waals surface area contributed by atoms with Crippen LogP contribution in [0.4, 0.5) is 10.5 Å². The van der Waals surface area contributed by atoms with Crippen LogP contribution in [0, 0.1) is 0 Å². The van der Waals surface area contributed by atoms with Gasteiger partial charge in [-0.2, -0.15) is 0 Å². The number of urea groups is 1. The average Bonchev–Trinajstić information content (AvgIpc) is 2.65. The third kappa shape index (κ3) is 5.20. The molecule has 0 aliphatic heterocycles. The van der Waals surface area contributed by atoms with Crippen molar-refractivity contribution in [3.63, 3.8) is 0 Å².